The summed E-state index contributed by atoms with van der Waals surface area (Å²) in [5, 5.41) is 7.64. The maximum Gasteiger partial charge on any atom is 0.264 e. The molecule has 0 aliphatic carbocycles. The molecule has 0 radical (unpaired) electrons. The molecule has 0 spiro atoms. The number of ether oxygens (including phenoxy) is 2. The van der Waals surface area contributed by atoms with Crippen LogP contribution in [-0.4, -0.2) is 108 Å². The van der Waals surface area contributed by atoms with E-state index in [4.69, 9.17) is 44.1 Å². The first-order chi connectivity index (χ1) is 29.0. The second-order valence-electron chi connectivity index (χ2n) is 14.8. The molecule has 2 aromatic carbocycles. The van der Waals surface area contributed by atoms with E-state index in [2.05, 4.69) is 20.6 Å². The first kappa shape index (κ1) is 40.1. The molecule has 0 unspecified atom stereocenters. The number of nitrogens with two attached hydrogens (primary N) is 2. The zero-order chi connectivity index (χ0) is 41.7. The monoisotopic (exact) mass is 884 g/mol. The molecule has 4 aromatic heterocycles. The van der Waals surface area contributed by atoms with Gasteiger partial charge >= 0.3 is 0 Å². The van der Waals surface area contributed by atoms with Crippen LogP contribution < -0.4 is 31.6 Å². The lowest BCUT2D eigenvalue weighted by Gasteiger charge is -2.29. The lowest BCUT2D eigenvalue weighted by Crippen LogP contribution is -2.50. The van der Waals surface area contributed by atoms with Crippen LogP contribution in [0.4, 0.5) is 0 Å². The number of fused-ring (bicyclic) bond motifs is 4. The van der Waals surface area contributed by atoms with Gasteiger partial charge in [-0.1, -0.05) is 23.2 Å². The number of rotatable bonds is 6. The average Bonchev–Trinajstić information content (AvgIpc) is 4.08. The molecule has 6 aromatic rings. The lowest BCUT2D eigenvalue weighted by molar-refractivity contribution is -0.139. The summed E-state index contributed by atoms with van der Waals surface area (Å²) >= 11 is 15.4. The molecular weight excluding hydrogens is 848 g/mol. The summed E-state index contributed by atoms with van der Waals surface area (Å²) in [7, 11) is 0. The molecule has 18 heteroatoms. The van der Waals surface area contributed by atoms with Crippen LogP contribution in [0, 0.1) is 0 Å². The van der Waals surface area contributed by atoms with Gasteiger partial charge < -0.3 is 41.4 Å². The van der Waals surface area contributed by atoms with E-state index in [9.17, 15) is 19.2 Å². The van der Waals surface area contributed by atoms with E-state index in [1.807, 2.05) is 46.2 Å². The maximum absolute atomic E-state index is 13.0. The number of nitrogens with zero attached hydrogens (tertiary/aromatic N) is 4. The third kappa shape index (κ3) is 7.74. The molecule has 2 saturated heterocycles. The molecule has 4 aliphatic heterocycles. The van der Waals surface area contributed by atoms with Crippen LogP contribution in [0.1, 0.15) is 30.5 Å². The number of benzene rings is 2. The van der Waals surface area contributed by atoms with E-state index in [1.165, 1.54) is 22.7 Å². The van der Waals surface area contributed by atoms with E-state index in [1.54, 1.807) is 24.5 Å². The standard InChI is InChI=1S/2C21H19ClN4O3S/c2*22-12-7-11-8-16(21(28)26-5-3-24-4-6-26)29-18(11)14(9-12)13-1-2-25-15-10-17(20(23)27)30-19(13)15/h2*1-2,7,9-10,16,24H,3-6,8H2,(H2,23,27)/t2*16-/m10/s1. The van der Waals surface area contributed by atoms with E-state index >= 15 is 0 Å². The zero-order valence-corrected chi connectivity index (χ0v) is 35.1. The molecule has 0 bridgehead atoms. The zero-order valence-electron chi connectivity index (χ0n) is 32.0. The van der Waals surface area contributed by atoms with E-state index in [-0.39, 0.29) is 11.8 Å². The smallest absolute Gasteiger partial charge is 0.264 e. The highest BCUT2D eigenvalue weighted by atomic mass is 35.5. The fraction of sp³-hybridized carbons (Fsp3) is 0.286. The Bertz CT molecular complexity index is 2530. The topological polar surface area (TPSA) is 195 Å². The summed E-state index contributed by atoms with van der Waals surface area (Å²) in [5.74, 6) is 0.351. The third-order valence-electron chi connectivity index (χ3n) is 10.9. The summed E-state index contributed by atoms with van der Waals surface area (Å²) < 4.78 is 14.0. The summed E-state index contributed by atoms with van der Waals surface area (Å²) in [6, 6.07) is 14.5. The number of piperazine rings is 2. The van der Waals surface area contributed by atoms with Crippen LogP contribution in [0.3, 0.4) is 0 Å². The Morgan fingerprint density at radius 3 is 1.40 bits per heavy atom. The van der Waals surface area contributed by atoms with Crippen LogP contribution in [0.15, 0.2) is 60.9 Å². The van der Waals surface area contributed by atoms with Crippen LogP contribution in [0.25, 0.3) is 42.7 Å². The van der Waals surface area contributed by atoms with E-state index in [0.29, 0.717) is 81.4 Å². The number of thiophene rings is 2. The highest BCUT2D eigenvalue weighted by Gasteiger charge is 2.37. The number of hydrogen-bond acceptors (Lipinski definition) is 12. The predicted molar refractivity (Wildman–Crippen MR) is 232 cm³/mol. The predicted octanol–water partition coefficient (Wildman–Crippen LogP) is 4.90. The average molecular weight is 886 g/mol. The Morgan fingerprint density at radius 1 is 0.617 bits per heavy atom. The number of aromatic nitrogens is 2. The fourth-order valence-electron chi connectivity index (χ4n) is 8.05. The highest BCUT2D eigenvalue weighted by molar-refractivity contribution is 7.21. The molecular formula is C42H38Cl2N8O6S2. The van der Waals surface area contributed by atoms with Gasteiger partial charge in [-0.2, -0.15) is 0 Å². The molecule has 14 nitrogen and oxygen atoms in total. The van der Waals surface area contributed by atoms with Crippen molar-refractivity contribution >= 4 is 89.9 Å². The van der Waals surface area contributed by atoms with Gasteiger partial charge in [0.05, 0.1) is 30.2 Å². The number of nitrogens with one attached hydrogen (secondary N) is 2. The maximum atomic E-state index is 13.0. The van der Waals surface area contributed by atoms with Crippen LogP contribution in [-0.2, 0) is 22.4 Å². The second kappa shape index (κ2) is 16.6. The molecule has 308 valence electrons. The quantitative estimate of drug-likeness (QED) is 0.179. The first-order valence-corrected chi connectivity index (χ1v) is 21.8. The molecule has 10 rings (SSSR count). The van der Waals surface area contributed by atoms with Crippen molar-refractivity contribution < 1.29 is 28.7 Å². The number of carbonyl (C=O) groups is 4. The SMILES string of the molecule is NC(=O)c1cc2nccc(-c3cc(Cl)cc4c3O[C@@H](C(=O)N3CCNCC3)C4)c2s1.NC(=O)c1cc2nccc(-c3cc(Cl)cc4c3O[C@H](C(=O)N3CCNCC3)C4)c2s1. The Balaban J connectivity index is 0.000000154. The summed E-state index contributed by atoms with van der Waals surface area (Å²) in [5.41, 5.74) is 17.4. The second-order valence-corrected chi connectivity index (χ2v) is 17.7. The Labute approximate surface area is 361 Å². The molecule has 4 aliphatic rings. The molecule has 60 heavy (non-hydrogen) atoms. The van der Waals surface area contributed by atoms with Crippen molar-refractivity contribution in [3.63, 3.8) is 0 Å². The van der Waals surface area contributed by atoms with Crippen molar-refractivity contribution in [1.82, 2.24) is 30.4 Å². The minimum atomic E-state index is -0.558. The van der Waals surface area contributed by atoms with Gasteiger partial charge in [0, 0.05) is 121 Å². The van der Waals surface area contributed by atoms with Crippen LogP contribution in [0.5, 0.6) is 11.5 Å². The van der Waals surface area contributed by atoms with E-state index in [0.717, 1.165) is 69.0 Å². The van der Waals surface area contributed by atoms with Crippen molar-refractivity contribution in [2.45, 2.75) is 25.0 Å². The Morgan fingerprint density at radius 2 is 1.02 bits per heavy atom. The highest BCUT2D eigenvalue weighted by Crippen LogP contribution is 2.46. The number of halogens is 2. The fourth-order valence-corrected chi connectivity index (χ4v) is 10.5. The van der Waals surface area contributed by atoms with Gasteiger partial charge in [0.1, 0.15) is 11.5 Å². The van der Waals surface area contributed by atoms with Crippen molar-refractivity contribution in [2.75, 3.05) is 52.4 Å². The van der Waals surface area contributed by atoms with Crippen LogP contribution in [0.2, 0.25) is 10.0 Å². The van der Waals surface area contributed by atoms with Gasteiger partial charge in [-0.05, 0) is 48.5 Å². The molecule has 2 fully saturated rings. The number of amides is 4. The van der Waals surface area contributed by atoms with Crippen molar-refractivity contribution in [3.8, 4) is 33.8 Å². The van der Waals surface area contributed by atoms with Crippen molar-refractivity contribution in [2.24, 2.45) is 11.5 Å². The minimum absolute atomic E-state index is 0.00165. The molecule has 6 N–H and O–H groups in total. The third-order valence-corrected chi connectivity index (χ3v) is 13.7. The van der Waals surface area contributed by atoms with Gasteiger partial charge in [0.2, 0.25) is 0 Å². The van der Waals surface area contributed by atoms with Gasteiger partial charge in [-0.25, -0.2) is 0 Å². The largest absolute Gasteiger partial charge is 0.479 e. The van der Waals surface area contributed by atoms with Crippen LogP contribution >= 0.6 is 45.9 Å². The summed E-state index contributed by atoms with van der Waals surface area (Å²) in [6.07, 6.45) is 3.21. The van der Waals surface area contributed by atoms with Crippen molar-refractivity contribution in [3.05, 3.63) is 91.9 Å². The number of primary amides is 2. The minimum Gasteiger partial charge on any atom is -0.479 e. The number of carbonyl (C=O) groups excluding carboxylic acids is 4. The molecule has 2 atom stereocenters. The Hall–Kier alpha value is -5.36. The molecule has 0 saturated carbocycles. The van der Waals surface area contributed by atoms with Gasteiger partial charge in [-0.15, -0.1) is 22.7 Å². The number of hydrogen-bond donors (Lipinski definition) is 4. The van der Waals surface area contributed by atoms with Crippen molar-refractivity contribution in [1.29, 1.82) is 0 Å². The summed E-state index contributed by atoms with van der Waals surface area (Å²) in [4.78, 5) is 62.5. The first-order valence-electron chi connectivity index (χ1n) is 19.4. The number of pyridine rings is 2. The lowest BCUT2D eigenvalue weighted by atomic mass is 10.0. The Kier molecular flexibility index (Phi) is 11.1. The van der Waals surface area contributed by atoms with Gasteiger partial charge in [0.15, 0.2) is 12.2 Å². The van der Waals surface area contributed by atoms with Gasteiger partial charge in [-0.3, -0.25) is 29.1 Å². The molecule has 4 amide bonds. The summed E-state index contributed by atoms with van der Waals surface area (Å²) in [6.45, 7) is 5.88. The van der Waals surface area contributed by atoms with Gasteiger partial charge in [0.25, 0.3) is 23.6 Å². The van der Waals surface area contributed by atoms with E-state index < -0.39 is 24.0 Å². The normalized spacial score (nSPS) is 18.3. The molecule has 8 heterocycles.